The molecule has 0 atom stereocenters. The van der Waals surface area contributed by atoms with Crippen LogP contribution in [0, 0.1) is 0 Å². The van der Waals surface area contributed by atoms with Gasteiger partial charge < -0.3 is 37.4 Å². The molecule has 0 aromatic carbocycles. The van der Waals surface area contributed by atoms with Crippen molar-refractivity contribution >= 4 is 0 Å². The van der Waals surface area contributed by atoms with Crippen LogP contribution in [0.3, 0.4) is 0 Å². The molecule has 3 aliphatic rings. The Bertz CT molecular complexity index is 310. The van der Waals surface area contributed by atoms with E-state index >= 15 is 0 Å². The number of hydrogen-bond donors (Lipinski definition) is 0. The van der Waals surface area contributed by atoms with Crippen molar-refractivity contribution in [3.63, 3.8) is 0 Å². The molecule has 3 saturated heterocycles. The molecule has 28 heavy (non-hydrogen) atoms. The largest absolute Gasteiger partial charge is 0.373 e. The van der Waals surface area contributed by atoms with Gasteiger partial charge in [0, 0.05) is 0 Å². The van der Waals surface area contributed by atoms with E-state index in [2.05, 4.69) is 14.1 Å². The topological polar surface area (TPSA) is 55.4 Å². The number of ether oxygens (including phenoxy) is 6. The fourth-order valence-corrected chi connectivity index (χ4v) is 3.35. The molecule has 0 unspecified atom stereocenters. The average molecular weight is 407 g/mol. The lowest BCUT2D eigenvalue weighted by Crippen LogP contribution is -2.51. The minimum absolute atomic E-state index is 0.642. The Kier molecular flexibility index (Phi) is 11.8. The first-order chi connectivity index (χ1) is 13.6. The van der Waals surface area contributed by atoms with E-state index in [-0.39, 0.29) is 0 Å². The van der Waals surface area contributed by atoms with Crippen molar-refractivity contribution < 1.29 is 37.4 Å². The Hall–Kier alpha value is -0.320. The van der Waals surface area contributed by atoms with E-state index in [0.717, 1.165) is 87.9 Å². The predicted octanol–water partition coefficient (Wildman–Crippen LogP) is 0.00640. The third-order valence-electron chi connectivity index (χ3n) is 5.77. The molecule has 0 N–H and O–H groups in total. The normalized spacial score (nSPS) is 34.5. The van der Waals surface area contributed by atoms with E-state index in [1.54, 1.807) is 0 Å². The molecular weight excluding hydrogens is 364 g/mol. The molecule has 0 aliphatic carbocycles. The molecule has 3 heterocycles. The molecule has 8 nitrogen and oxygen atoms in total. The lowest BCUT2D eigenvalue weighted by Gasteiger charge is -2.35. The summed E-state index contributed by atoms with van der Waals surface area (Å²) < 4.78 is 36.7. The van der Waals surface area contributed by atoms with Crippen LogP contribution in [0.1, 0.15) is 0 Å². The van der Waals surface area contributed by atoms with Gasteiger partial charge in [-0.15, -0.1) is 0 Å². The van der Waals surface area contributed by atoms with Crippen molar-refractivity contribution in [2.75, 3.05) is 133 Å². The Labute approximate surface area is 170 Å². The van der Waals surface area contributed by atoms with Crippen LogP contribution in [0.25, 0.3) is 0 Å². The molecule has 3 fully saturated rings. The Morgan fingerprint density at radius 2 is 0.500 bits per heavy atom. The summed E-state index contributed by atoms with van der Waals surface area (Å²) in [4.78, 5) is 0. The zero-order valence-corrected chi connectivity index (χ0v) is 18.1. The van der Waals surface area contributed by atoms with Gasteiger partial charge in [0.15, 0.2) is 0 Å². The van der Waals surface area contributed by atoms with Crippen LogP contribution in [-0.2, 0) is 28.4 Å². The third-order valence-corrected chi connectivity index (χ3v) is 5.77. The first-order valence-electron chi connectivity index (χ1n) is 10.8. The van der Waals surface area contributed by atoms with Gasteiger partial charge in [-0.2, -0.15) is 0 Å². The minimum Gasteiger partial charge on any atom is -0.373 e. The van der Waals surface area contributed by atoms with Gasteiger partial charge in [-0.3, -0.25) is 0 Å². The maximum absolute atomic E-state index is 5.82. The summed E-state index contributed by atoms with van der Waals surface area (Å²) in [6, 6.07) is 0. The van der Waals surface area contributed by atoms with E-state index in [4.69, 9.17) is 28.4 Å². The van der Waals surface area contributed by atoms with Gasteiger partial charge >= 0.3 is 0 Å². The summed E-state index contributed by atoms with van der Waals surface area (Å²) in [6.45, 7) is 13.8. The Morgan fingerprint density at radius 3 is 0.679 bits per heavy atom. The number of rotatable bonds is 0. The number of hydrogen-bond acceptors (Lipinski definition) is 6. The van der Waals surface area contributed by atoms with E-state index < -0.39 is 0 Å². The molecule has 166 valence electrons. The van der Waals surface area contributed by atoms with Crippen molar-refractivity contribution in [2.45, 2.75) is 0 Å². The molecule has 0 radical (unpaired) electrons. The molecule has 0 aromatic rings. The van der Waals surface area contributed by atoms with Gasteiger partial charge in [-0.25, -0.2) is 0 Å². The first kappa shape index (κ1) is 24.0. The van der Waals surface area contributed by atoms with Crippen LogP contribution in [0.4, 0.5) is 0 Å². The van der Waals surface area contributed by atoms with Gasteiger partial charge in [0.2, 0.25) is 0 Å². The minimum atomic E-state index is 0.642. The monoisotopic (exact) mass is 406 g/mol. The molecule has 0 amide bonds. The van der Waals surface area contributed by atoms with Crippen molar-refractivity contribution in [3.8, 4) is 0 Å². The summed E-state index contributed by atoms with van der Waals surface area (Å²) in [5.74, 6) is 0. The molecule has 3 rings (SSSR count). The number of likely N-dealkylation sites (N-methyl/N-ethyl adjacent to an activating group) is 2. The van der Waals surface area contributed by atoms with E-state index in [1.807, 2.05) is 0 Å². The van der Waals surface area contributed by atoms with E-state index in [0.29, 0.717) is 39.6 Å². The van der Waals surface area contributed by atoms with Gasteiger partial charge in [-0.1, -0.05) is 0 Å². The smallest absolute Gasteiger partial charge is 0.102 e. The summed E-state index contributed by atoms with van der Waals surface area (Å²) >= 11 is 0. The van der Waals surface area contributed by atoms with Gasteiger partial charge in [-0.05, 0) is 0 Å². The van der Waals surface area contributed by atoms with Crippen LogP contribution >= 0.6 is 0 Å². The molecular formula is C20H42N2O6+2. The first-order valence-corrected chi connectivity index (χ1v) is 10.8. The van der Waals surface area contributed by atoms with Crippen molar-refractivity contribution in [1.29, 1.82) is 0 Å². The maximum atomic E-state index is 5.82. The highest BCUT2D eigenvalue weighted by atomic mass is 16.5. The lowest BCUT2D eigenvalue weighted by atomic mass is 10.3. The molecule has 0 aromatic heterocycles. The van der Waals surface area contributed by atoms with Crippen LogP contribution in [0.5, 0.6) is 0 Å². The highest BCUT2D eigenvalue weighted by molar-refractivity contribution is 4.47. The Morgan fingerprint density at radius 1 is 0.321 bits per heavy atom. The molecule has 0 saturated carbocycles. The van der Waals surface area contributed by atoms with E-state index in [9.17, 15) is 0 Å². The van der Waals surface area contributed by atoms with Crippen LogP contribution in [-0.4, -0.2) is 142 Å². The maximum Gasteiger partial charge on any atom is 0.102 e. The van der Waals surface area contributed by atoms with Crippen molar-refractivity contribution in [1.82, 2.24) is 0 Å². The quantitative estimate of drug-likeness (QED) is 0.528. The van der Waals surface area contributed by atoms with Gasteiger partial charge in [0.1, 0.15) is 39.3 Å². The summed E-state index contributed by atoms with van der Waals surface area (Å²) in [5.41, 5.74) is 0. The highest BCUT2D eigenvalue weighted by Crippen LogP contribution is 2.06. The third kappa shape index (κ3) is 10.5. The van der Waals surface area contributed by atoms with Crippen LogP contribution in [0.15, 0.2) is 0 Å². The number of quaternary nitrogens is 2. The molecule has 0 spiro atoms. The summed E-state index contributed by atoms with van der Waals surface area (Å²) in [5, 5.41) is 0. The predicted molar refractivity (Wildman–Crippen MR) is 106 cm³/mol. The lowest BCUT2D eigenvalue weighted by molar-refractivity contribution is -0.911. The highest BCUT2D eigenvalue weighted by Gasteiger charge is 2.23. The Balaban J connectivity index is 1.99. The fraction of sp³-hybridized carbons (Fsp3) is 1.00. The second kappa shape index (κ2) is 13.8. The number of nitrogens with zero attached hydrogens (tertiary/aromatic N) is 2. The fourth-order valence-electron chi connectivity index (χ4n) is 3.35. The van der Waals surface area contributed by atoms with Crippen molar-refractivity contribution in [2.24, 2.45) is 0 Å². The molecule has 3 aliphatic heterocycles. The zero-order valence-electron chi connectivity index (χ0n) is 18.1. The summed E-state index contributed by atoms with van der Waals surface area (Å²) in [6.07, 6.45) is 0. The molecule has 2 bridgehead atoms. The SMILES string of the molecule is C[N+]12CCOCCOCC[N+](C)(CCOCCOCC1)CCOCCOCC2. The standard InChI is InChI=1S/C20H42N2O6/c1-21-3-9-23-15-18-26-12-6-22(2,7-13-27-19-16-24-10-4-21)8-14-28-20-17-25-11-5-21/h3-20H2,1-2H3/q+2. The second-order valence-corrected chi connectivity index (χ2v) is 8.25. The van der Waals surface area contributed by atoms with Crippen LogP contribution < -0.4 is 0 Å². The zero-order chi connectivity index (χ0) is 20.0. The summed E-state index contributed by atoms with van der Waals surface area (Å²) in [7, 11) is 4.49. The molecule has 8 heteroatoms. The van der Waals surface area contributed by atoms with Crippen molar-refractivity contribution in [3.05, 3.63) is 0 Å². The van der Waals surface area contributed by atoms with Gasteiger partial charge in [0.05, 0.1) is 93.4 Å². The second-order valence-electron chi connectivity index (χ2n) is 8.25. The average Bonchev–Trinajstić information content (AvgIpc) is 2.67. The van der Waals surface area contributed by atoms with Gasteiger partial charge in [0.25, 0.3) is 0 Å². The van der Waals surface area contributed by atoms with E-state index in [1.165, 1.54) is 0 Å². The number of fused-ring (bicyclic) bond motifs is 21. The van der Waals surface area contributed by atoms with Crippen LogP contribution in [0.2, 0.25) is 0 Å².